The van der Waals surface area contributed by atoms with E-state index < -0.39 is 0 Å². The Morgan fingerprint density at radius 2 is 2.04 bits per heavy atom. The van der Waals surface area contributed by atoms with Gasteiger partial charge >= 0.3 is 0 Å². The fourth-order valence-electron chi connectivity index (χ4n) is 3.97. The first-order valence-corrected chi connectivity index (χ1v) is 8.95. The van der Waals surface area contributed by atoms with Crippen molar-refractivity contribution in [2.45, 2.75) is 51.0 Å². The van der Waals surface area contributed by atoms with Crippen molar-refractivity contribution in [2.24, 2.45) is 7.05 Å². The van der Waals surface area contributed by atoms with Gasteiger partial charge in [-0.15, -0.1) is 0 Å². The molecular weight excluding hydrogens is 302 g/mol. The van der Waals surface area contributed by atoms with Crippen LogP contribution in [0.5, 0.6) is 0 Å². The van der Waals surface area contributed by atoms with Crippen molar-refractivity contribution in [1.29, 1.82) is 0 Å². The minimum atomic E-state index is 0.0933. The lowest BCUT2D eigenvalue weighted by molar-refractivity contribution is 0.0675. The Morgan fingerprint density at radius 3 is 2.71 bits per heavy atom. The molecule has 0 radical (unpaired) electrons. The molecule has 1 unspecified atom stereocenters. The number of aryl methyl sites for hydroxylation is 2. The van der Waals surface area contributed by atoms with Crippen LogP contribution in [-0.2, 0) is 7.05 Å². The molecule has 2 fully saturated rings. The fraction of sp³-hybridized carbons (Fsp3) is 0.611. The predicted molar refractivity (Wildman–Crippen MR) is 90.9 cm³/mol. The van der Waals surface area contributed by atoms with E-state index >= 15 is 0 Å². The number of amides is 1. The van der Waals surface area contributed by atoms with E-state index in [1.54, 1.807) is 17.1 Å². The number of imidazole rings is 1. The molecule has 2 aromatic heterocycles. The number of aromatic nitrogens is 4. The molecule has 1 saturated heterocycles. The van der Waals surface area contributed by atoms with Gasteiger partial charge in [0.25, 0.3) is 5.91 Å². The van der Waals surface area contributed by atoms with Gasteiger partial charge in [-0.25, -0.2) is 4.98 Å². The lowest BCUT2D eigenvalue weighted by atomic mass is 9.84. The number of hydrogen-bond donors (Lipinski definition) is 0. The van der Waals surface area contributed by atoms with E-state index in [1.165, 1.54) is 30.8 Å². The van der Waals surface area contributed by atoms with Crippen molar-refractivity contribution >= 4 is 5.91 Å². The molecule has 2 aliphatic rings. The molecule has 1 saturated carbocycles. The zero-order valence-corrected chi connectivity index (χ0v) is 14.5. The van der Waals surface area contributed by atoms with Crippen molar-refractivity contribution < 1.29 is 4.79 Å². The summed E-state index contributed by atoms with van der Waals surface area (Å²) >= 11 is 0. The molecular formula is C18H25N5O. The normalized spacial score (nSPS) is 21.8. The van der Waals surface area contributed by atoms with Crippen molar-refractivity contribution in [3.05, 3.63) is 35.7 Å². The monoisotopic (exact) mass is 327 g/mol. The van der Waals surface area contributed by atoms with Gasteiger partial charge in [-0.1, -0.05) is 6.42 Å². The molecule has 0 aromatic carbocycles. The topological polar surface area (TPSA) is 56.0 Å². The van der Waals surface area contributed by atoms with Crippen LogP contribution >= 0.6 is 0 Å². The lowest BCUT2D eigenvalue weighted by Gasteiger charge is -2.36. The highest BCUT2D eigenvalue weighted by Crippen LogP contribution is 2.38. The van der Waals surface area contributed by atoms with Crippen molar-refractivity contribution in [1.82, 2.24) is 24.2 Å². The van der Waals surface area contributed by atoms with Crippen LogP contribution < -0.4 is 0 Å². The average molecular weight is 327 g/mol. The van der Waals surface area contributed by atoms with Gasteiger partial charge in [0.2, 0.25) is 0 Å². The number of nitrogens with zero attached hydrogens (tertiary/aromatic N) is 5. The second-order valence-corrected chi connectivity index (χ2v) is 7.21. The lowest BCUT2D eigenvalue weighted by Crippen LogP contribution is -2.41. The van der Waals surface area contributed by atoms with E-state index in [0.29, 0.717) is 17.5 Å². The minimum absolute atomic E-state index is 0.0933. The van der Waals surface area contributed by atoms with E-state index in [2.05, 4.69) is 16.6 Å². The highest BCUT2D eigenvalue weighted by Gasteiger charge is 2.31. The number of carbonyl (C=O) groups excluding carboxylic acids is 1. The van der Waals surface area contributed by atoms with Crippen LogP contribution in [0.2, 0.25) is 0 Å². The van der Waals surface area contributed by atoms with Crippen LogP contribution in [0.3, 0.4) is 0 Å². The van der Waals surface area contributed by atoms with Gasteiger partial charge in [0.1, 0.15) is 5.82 Å². The van der Waals surface area contributed by atoms with Crippen LogP contribution in [0.4, 0.5) is 0 Å². The largest absolute Gasteiger partial charge is 0.336 e. The maximum absolute atomic E-state index is 12.7. The van der Waals surface area contributed by atoms with Crippen molar-refractivity contribution in [3.8, 4) is 0 Å². The van der Waals surface area contributed by atoms with Gasteiger partial charge in [-0.3, -0.25) is 9.48 Å². The second-order valence-electron chi connectivity index (χ2n) is 7.21. The molecule has 128 valence electrons. The van der Waals surface area contributed by atoms with Gasteiger partial charge in [0, 0.05) is 44.1 Å². The fourth-order valence-corrected chi connectivity index (χ4v) is 3.97. The summed E-state index contributed by atoms with van der Waals surface area (Å²) in [5, 5.41) is 4.13. The molecule has 0 bridgehead atoms. The summed E-state index contributed by atoms with van der Waals surface area (Å²) in [6.07, 6.45) is 11.4. The summed E-state index contributed by atoms with van der Waals surface area (Å²) in [4.78, 5) is 19.4. The Bertz CT molecular complexity index is 742. The molecule has 1 atom stereocenters. The Hall–Kier alpha value is -2.11. The second kappa shape index (κ2) is 6.07. The number of rotatable bonds is 3. The maximum atomic E-state index is 12.7. The summed E-state index contributed by atoms with van der Waals surface area (Å²) in [7, 11) is 1.84. The molecule has 24 heavy (non-hydrogen) atoms. The number of piperidine rings is 1. The number of hydrogen-bond acceptors (Lipinski definition) is 3. The third-order valence-electron chi connectivity index (χ3n) is 5.48. The van der Waals surface area contributed by atoms with Gasteiger partial charge in [-0.05, 0) is 32.6 Å². The Kier molecular flexibility index (Phi) is 3.90. The molecule has 3 heterocycles. The van der Waals surface area contributed by atoms with Gasteiger partial charge in [0.05, 0.1) is 17.8 Å². The number of carbonyl (C=O) groups is 1. The summed E-state index contributed by atoms with van der Waals surface area (Å²) in [5.41, 5.74) is 1.90. The van der Waals surface area contributed by atoms with Crippen molar-refractivity contribution in [2.75, 3.05) is 13.1 Å². The molecule has 6 nitrogen and oxygen atoms in total. The average Bonchev–Trinajstić information content (AvgIpc) is 3.12. The summed E-state index contributed by atoms with van der Waals surface area (Å²) in [6.45, 7) is 3.73. The summed E-state index contributed by atoms with van der Waals surface area (Å²) in [5.74, 6) is 1.94. The van der Waals surface area contributed by atoms with Crippen LogP contribution in [0.1, 0.15) is 65.9 Å². The first-order valence-electron chi connectivity index (χ1n) is 8.95. The molecule has 4 rings (SSSR count). The molecule has 0 spiro atoms. The molecule has 0 N–H and O–H groups in total. The van der Waals surface area contributed by atoms with Gasteiger partial charge in [0.15, 0.2) is 0 Å². The third kappa shape index (κ3) is 2.64. The van der Waals surface area contributed by atoms with E-state index in [4.69, 9.17) is 4.98 Å². The standard InChI is InChI=1S/C18H25N5O/c1-13-9-19-17(14-5-3-6-14)23(13)16-7-4-8-22(12-16)18(24)15-10-20-21(2)11-15/h9-11,14,16H,3-8,12H2,1-2H3. The predicted octanol–water partition coefficient (Wildman–Crippen LogP) is 2.67. The van der Waals surface area contributed by atoms with Gasteiger partial charge < -0.3 is 9.47 Å². The summed E-state index contributed by atoms with van der Waals surface area (Å²) < 4.78 is 4.09. The quantitative estimate of drug-likeness (QED) is 0.871. The zero-order chi connectivity index (χ0) is 16.7. The Labute approximate surface area is 142 Å². The molecule has 2 aromatic rings. The molecule has 1 aliphatic carbocycles. The van der Waals surface area contributed by atoms with E-state index in [1.807, 2.05) is 18.1 Å². The first-order chi connectivity index (χ1) is 11.6. The van der Waals surface area contributed by atoms with Gasteiger partial charge in [-0.2, -0.15) is 5.10 Å². The van der Waals surface area contributed by atoms with Crippen LogP contribution in [0, 0.1) is 6.92 Å². The third-order valence-corrected chi connectivity index (χ3v) is 5.48. The van der Waals surface area contributed by atoms with E-state index in [-0.39, 0.29) is 5.91 Å². The molecule has 1 aliphatic heterocycles. The van der Waals surface area contributed by atoms with Crippen LogP contribution in [0.25, 0.3) is 0 Å². The maximum Gasteiger partial charge on any atom is 0.257 e. The van der Waals surface area contributed by atoms with Crippen molar-refractivity contribution in [3.63, 3.8) is 0 Å². The van der Waals surface area contributed by atoms with Crippen LogP contribution in [0.15, 0.2) is 18.6 Å². The van der Waals surface area contributed by atoms with E-state index in [9.17, 15) is 4.79 Å². The SMILES string of the molecule is Cc1cnc(C2CCC2)n1C1CCCN(C(=O)c2cnn(C)c2)C1. The molecule has 1 amide bonds. The number of likely N-dealkylation sites (tertiary alicyclic amines) is 1. The zero-order valence-electron chi connectivity index (χ0n) is 14.5. The minimum Gasteiger partial charge on any atom is -0.336 e. The smallest absolute Gasteiger partial charge is 0.257 e. The Balaban J connectivity index is 1.55. The van der Waals surface area contributed by atoms with E-state index in [0.717, 1.165) is 25.9 Å². The first kappa shape index (κ1) is 15.4. The summed E-state index contributed by atoms with van der Waals surface area (Å²) in [6, 6.07) is 0.345. The highest BCUT2D eigenvalue weighted by atomic mass is 16.2. The molecule has 6 heteroatoms. The van der Waals surface area contributed by atoms with Crippen LogP contribution in [-0.4, -0.2) is 43.2 Å². The Morgan fingerprint density at radius 1 is 1.21 bits per heavy atom. The highest BCUT2D eigenvalue weighted by molar-refractivity contribution is 5.93.